The minimum absolute atomic E-state index is 0.305. The van der Waals surface area contributed by atoms with Crippen LogP contribution in [-0.2, 0) is 4.79 Å². The Hall–Kier alpha value is -0.610. The molecule has 0 bridgehead atoms. The maximum Gasteiger partial charge on any atom is 0.303 e. The maximum atomic E-state index is 10.8. The van der Waals surface area contributed by atoms with Crippen LogP contribution in [0.5, 0.6) is 0 Å². The summed E-state index contributed by atoms with van der Waals surface area (Å²) in [6.07, 6.45) is 3.93. The van der Waals surface area contributed by atoms with E-state index in [9.17, 15) is 4.79 Å². The van der Waals surface area contributed by atoms with Crippen LogP contribution in [0.25, 0.3) is 0 Å². The van der Waals surface area contributed by atoms with Crippen molar-refractivity contribution < 1.29 is 9.90 Å². The lowest BCUT2D eigenvalue weighted by molar-refractivity contribution is -0.138. The van der Waals surface area contributed by atoms with Gasteiger partial charge in [0.15, 0.2) is 0 Å². The van der Waals surface area contributed by atoms with E-state index in [-0.39, 0.29) is 0 Å². The fourth-order valence-corrected chi connectivity index (χ4v) is 2.81. The van der Waals surface area contributed by atoms with Crippen molar-refractivity contribution in [3.05, 3.63) is 0 Å². The Morgan fingerprint density at radius 3 is 2.83 bits per heavy atom. The van der Waals surface area contributed by atoms with Crippen LogP contribution in [0.2, 0.25) is 0 Å². The first-order chi connectivity index (χ1) is 8.49. The summed E-state index contributed by atoms with van der Waals surface area (Å²) in [7, 11) is 4.21. The molecule has 1 rings (SSSR count). The summed E-state index contributed by atoms with van der Waals surface area (Å²) in [6.45, 7) is 6.63. The summed E-state index contributed by atoms with van der Waals surface area (Å²) in [5.41, 5.74) is 0. The van der Waals surface area contributed by atoms with Gasteiger partial charge >= 0.3 is 5.97 Å². The topological polar surface area (TPSA) is 43.8 Å². The number of carbonyl (C=O) groups is 1. The van der Waals surface area contributed by atoms with Crippen molar-refractivity contribution in [2.45, 2.75) is 32.6 Å². The van der Waals surface area contributed by atoms with Gasteiger partial charge in [-0.2, -0.15) is 0 Å². The minimum atomic E-state index is -0.660. The van der Waals surface area contributed by atoms with Gasteiger partial charge in [-0.1, -0.05) is 6.92 Å². The third-order valence-corrected chi connectivity index (χ3v) is 3.92. The molecule has 18 heavy (non-hydrogen) atoms. The van der Waals surface area contributed by atoms with Crippen LogP contribution >= 0.6 is 0 Å². The average molecular weight is 256 g/mol. The van der Waals surface area contributed by atoms with Crippen LogP contribution in [0.4, 0.5) is 0 Å². The zero-order valence-electron chi connectivity index (χ0n) is 12.1. The molecule has 0 amide bonds. The van der Waals surface area contributed by atoms with E-state index in [1.165, 1.54) is 25.8 Å². The molecule has 0 radical (unpaired) electrons. The minimum Gasteiger partial charge on any atom is -0.481 e. The third-order valence-electron chi connectivity index (χ3n) is 3.92. The van der Waals surface area contributed by atoms with E-state index in [0.29, 0.717) is 18.3 Å². The molecule has 2 unspecified atom stereocenters. The molecule has 0 aromatic carbocycles. The molecule has 0 saturated carbocycles. The van der Waals surface area contributed by atoms with Gasteiger partial charge < -0.3 is 14.9 Å². The molecule has 1 saturated heterocycles. The summed E-state index contributed by atoms with van der Waals surface area (Å²) < 4.78 is 0. The maximum absolute atomic E-state index is 10.8. The number of piperidine rings is 1. The lowest BCUT2D eigenvalue weighted by Gasteiger charge is -2.35. The lowest BCUT2D eigenvalue weighted by Crippen LogP contribution is -2.39. The first-order valence-corrected chi connectivity index (χ1v) is 7.08. The predicted octanol–water partition coefficient (Wildman–Crippen LogP) is 1.76. The second kappa shape index (κ2) is 7.74. The Morgan fingerprint density at radius 1 is 1.50 bits per heavy atom. The second-order valence-electron chi connectivity index (χ2n) is 5.93. The molecule has 4 heteroatoms. The van der Waals surface area contributed by atoms with Gasteiger partial charge in [-0.3, -0.25) is 4.79 Å². The first kappa shape index (κ1) is 15.4. The van der Waals surface area contributed by atoms with E-state index >= 15 is 0 Å². The molecule has 1 heterocycles. The van der Waals surface area contributed by atoms with Crippen LogP contribution in [-0.4, -0.2) is 61.2 Å². The van der Waals surface area contributed by atoms with Crippen LogP contribution in [0.3, 0.4) is 0 Å². The monoisotopic (exact) mass is 256 g/mol. The van der Waals surface area contributed by atoms with Crippen LogP contribution in [0.1, 0.15) is 32.6 Å². The Kier molecular flexibility index (Phi) is 6.65. The van der Waals surface area contributed by atoms with Crippen molar-refractivity contribution in [2.75, 3.05) is 40.3 Å². The zero-order valence-corrected chi connectivity index (χ0v) is 12.1. The van der Waals surface area contributed by atoms with E-state index in [4.69, 9.17) is 5.11 Å². The molecule has 4 nitrogen and oxygen atoms in total. The van der Waals surface area contributed by atoms with E-state index in [1.807, 2.05) is 0 Å². The lowest BCUT2D eigenvalue weighted by atomic mass is 9.84. The number of likely N-dealkylation sites (tertiary alicyclic amines) is 1. The molecule has 0 aromatic heterocycles. The number of carboxylic acid groups (broad SMARTS) is 1. The van der Waals surface area contributed by atoms with Gasteiger partial charge in [-0.25, -0.2) is 0 Å². The van der Waals surface area contributed by atoms with E-state index in [1.54, 1.807) is 0 Å². The van der Waals surface area contributed by atoms with Gasteiger partial charge in [0.1, 0.15) is 0 Å². The highest BCUT2D eigenvalue weighted by molar-refractivity contribution is 5.66. The highest BCUT2D eigenvalue weighted by Gasteiger charge is 2.25. The number of carboxylic acids is 1. The average Bonchev–Trinajstić information content (AvgIpc) is 2.28. The number of hydrogen-bond donors (Lipinski definition) is 1. The van der Waals surface area contributed by atoms with Crippen molar-refractivity contribution in [3.8, 4) is 0 Å². The van der Waals surface area contributed by atoms with E-state index < -0.39 is 5.97 Å². The molecule has 1 fully saturated rings. The Balaban J connectivity index is 2.29. The van der Waals surface area contributed by atoms with E-state index in [2.05, 4.69) is 30.8 Å². The fraction of sp³-hybridized carbons (Fsp3) is 0.929. The molecular weight excluding hydrogens is 228 g/mol. The van der Waals surface area contributed by atoms with Crippen molar-refractivity contribution in [1.29, 1.82) is 0 Å². The SMILES string of the molecule is CC(CC(=O)O)C1CCCN(CCCN(C)C)C1. The summed E-state index contributed by atoms with van der Waals surface area (Å²) in [4.78, 5) is 15.5. The molecule has 1 aliphatic heterocycles. The van der Waals surface area contributed by atoms with Crippen molar-refractivity contribution in [1.82, 2.24) is 9.80 Å². The normalized spacial score (nSPS) is 23.2. The predicted molar refractivity (Wildman–Crippen MR) is 73.8 cm³/mol. The molecule has 1 aliphatic rings. The summed E-state index contributed by atoms with van der Waals surface area (Å²) >= 11 is 0. The number of hydrogen-bond acceptors (Lipinski definition) is 3. The van der Waals surface area contributed by atoms with Gasteiger partial charge in [0, 0.05) is 13.0 Å². The van der Waals surface area contributed by atoms with Crippen molar-refractivity contribution >= 4 is 5.97 Å². The smallest absolute Gasteiger partial charge is 0.303 e. The molecule has 2 atom stereocenters. The Bertz CT molecular complexity index is 256. The molecular formula is C14H28N2O2. The summed E-state index contributed by atoms with van der Waals surface area (Å²) in [6, 6.07) is 0. The second-order valence-corrected chi connectivity index (χ2v) is 5.93. The van der Waals surface area contributed by atoms with Gasteiger partial charge in [0.05, 0.1) is 0 Å². The Morgan fingerprint density at radius 2 is 2.22 bits per heavy atom. The van der Waals surface area contributed by atoms with Crippen LogP contribution < -0.4 is 0 Å². The molecule has 0 aliphatic carbocycles. The van der Waals surface area contributed by atoms with Gasteiger partial charge in [0.25, 0.3) is 0 Å². The number of nitrogens with zero attached hydrogens (tertiary/aromatic N) is 2. The quantitative estimate of drug-likeness (QED) is 0.754. The van der Waals surface area contributed by atoms with Gasteiger partial charge in [-0.05, 0) is 64.8 Å². The molecule has 1 N–H and O–H groups in total. The zero-order chi connectivity index (χ0) is 13.5. The highest BCUT2D eigenvalue weighted by atomic mass is 16.4. The standard InChI is InChI=1S/C14H28N2O2/c1-12(10-14(17)18)13-6-4-8-16(11-13)9-5-7-15(2)3/h12-13H,4-11H2,1-3H3,(H,17,18). The summed E-state index contributed by atoms with van der Waals surface area (Å²) in [5.74, 6) is 0.209. The molecule has 0 aromatic rings. The highest BCUT2D eigenvalue weighted by Crippen LogP contribution is 2.26. The fourth-order valence-electron chi connectivity index (χ4n) is 2.81. The largest absolute Gasteiger partial charge is 0.481 e. The van der Waals surface area contributed by atoms with Gasteiger partial charge in [-0.15, -0.1) is 0 Å². The number of aliphatic carboxylic acids is 1. The van der Waals surface area contributed by atoms with Crippen molar-refractivity contribution in [3.63, 3.8) is 0 Å². The van der Waals surface area contributed by atoms with Crippen molar-refractivity contribution in [2.24, 2.45) is 11.8 Å². The van der Waals surface area contributed by atoms with Crippen LogP contribution in [0, 0.1) is 11.8 Å². The summed E-state index contributed by atoms with van der Waals surface area (Å²) in [5, 5.41) is 8.86. The third kappa shape index (κ3) is 5.83. The first-order valence-electron chi connectivity index (χ1n) is 7.08. The molecule has 0 spiro atoms. The van der Waals surface area contributed by atoms with E-state index in [0.717, 1.165) is 19.6 Å². The molecule has 106 valence electrons. The van der Waals surface area contributed by atoms with Gasteiger partial charge in [0.2, 0.25) is 0 Å². The van der Waals surface area contributed by atoms with Crippen LogP contribution in [0.15, 0.2) is 0 Å². The Labute approximate surface area is 111 Å². The number of rotatable bonds is 7.